The van der Waals surface area contributed by atoms with Gasteiger partial charge < -0.3 is 10.6 Å². The molecule has 0 spiro atoms. The van der Waals surface area contributed by atoms with Crippen LogP contribution < -0.4 is 10.6 Å². The minimum absolute atomic E-state index is 0.0111. The molecule has 0 fully saturated rings. The van der Waals surface area contributed by atoms with Crippen molar-refractivity contribution in [2.75, 3.05) is 26.7 Å². The van der Waals surface area contributed by atoms with E-state index in [9.17, 15) is 4.79 Å². The Hall–Kier alpha value is -2.07. The number of hydrogen-bond acceptors (Lipinski definition) is 3. The Labute approximate surface area is 139 Å². The SMILES string of the molecule is C/C=C(\C=C/NC)C(=O)NCCCN1CCc2ccccc2C1. The molecule has 1 aliphatic heterocycles. The molecular weight excluding hydrogens is 286 g/mol. The molecule has 23 heavy (non-hydrogen) atoms. The van der Waals surface area contributed by atoms with Crippen LogP contribution in [-0.4, -0.2) is 37.5 Å². The van der Waals surface area contributed by atoms with Gasteiger partial charge in [-0.2, -0.15) is 0 Å². The van der Waals surface area contributed by atoms with E-state index in [2.05, 4.69) is 39.8 Å². The van der Waals surface area contributed by atoms with Crippen LogP contribution >= 0.6 is 0 Å². The van der Waals surface area contributed by atoms with Crippen molar-refractivity contribution in [2.24, 2.45) is 0 Å². The fourth-order valence-electron chi connectivity index (χ4n) is 2.83. The van der Waals surface area contributed by atoms with Crippen molar-refractivity contribution in [1.82, 2.24) is 15.5 Å². The molecule has 4 heteroatoms. The molecule has 2 N–H and O–H groups in total. The molecular formula is C19H27N3O. The normalized spacial score (nSPS) is 15.5. The van der Waals surface area contributed by atoms with Gasteiger partial charge >= 0.3 is 0 Å². The van der Waals surface area contributed by atoms with Crippen LogP contribution in [0.3, 0.4) is 0 Å². The zero-order chi connectivity index (χ0) is 16.5. The highest BCUT2D eigenvalue weighted by Crippen LogP contribution is 2.18. The zero-order valence-corrected chi connectivity index (χ0v) is 14.1. The van der Waals surface area contributed by atoms with E-state index in [0.29, 0.717) is 12.1 Å². The van der Waals surface area contributed by atoms with Gasteiger partial charge in [-0.1, -0.05) is 30.3 Å². The lowest BCUT2D eigenvalue weighted by atomic mass is 10.00. The highest BCUT2D eigenvalue weighted by atomic mass is 16.1. The van der Waals surface area contributed by atoms with Crippen LogP contribution in [0.25, 0.3) is 0 Å². The van der Waals surface area contributed by atoms with Crippen molar-refractivity contribution in [2.45, 2.75) is 26.3 Å². The molecule has 0 bridgehead atoms. The van der Waals surface area contributed by atoms with Gasteiger partial charge in [0.05, 0.1) is 0 Å². The summed E-state index contributed by atoms with van der Waals surface area (Å²) >= 11 is 0. The number of rotatable bonds is 7. The summed E-state index contributed by atoms with van der Waals surface area (Å²) in [7, 11) is 1.82. The van der Waals surface area contributed by atoms with E-state index in [1.165, 1.54) is 11.1 Å². The molecule has 1 amide bonds. The lowest BCUT2D eigenvalue weighted by molar-refractivity contribution is -0.117. The maximum absolute atomic E-state index is 12.0. The van der Waals surface area contributed by atoms with E-state index in [-0.39, 0.29) is 5.91 Å². The number of allylic oxidation sites excluding steroid dienone is 1. The summed E-state index contributed by atoms with van der Waals surface area (Å²) in [4.78, 5) is 14.5. The number of carbonyl (C=O) groups is 1. The Kier molecular flexibility index (Phi) is 6.88. The fraction of sp³-hybridized carbons (Fsp3) is 0.421. The third-order valence-corrected chi connectivity index (χ3v) is 4.15. The minimum atomic E-state index is -0.0111. The van der Waals surface area contributed by atoms with E-state index < -0.39 is 0 Å². The number of carbonyl (C=O) groups excluding carboxylic acids is 1. The van der Waals surface area contributed by atoms with E-state index in [1.807, 2.05) is 20.0 Å². The van der Waals surface area contributed by atoms with Gasteiger partial charge in [0.1, 0.15) is 0 Å². The second-order valence-electron chi connectivity index (χ2n) is 5.77. The lowest BCUT2D eigenvalue weighted by Gasteiger charge is -2.28. The molecule has 4 nitrogen and oxygen atoms in total. The molecule has 124 valence electrons. The summed E-state index contributed by atoms with van der Waals surface area (Å²) in [5, 5.41) is 5.89. The molecule has 0 radical (unpaired) electrons. The molecule has 0 unspecified atom stereocenters. The van der Waals surface area contributed by atoms with Crippen molar-refractivity contribution in [3.05, 3.63) is 59.3 Å². The highest BCUT2D eigenvalue weighted by molar-refractivity contribution is 5.95. The molecule has 1 aliphatic rings. The van der Waals surface area contributed by atoms with Crippen LogP contribution in [0.15, 0.2) is 48.2 Å². The van der Waals surface area contributed by atoms with Gasteiger partial charge in [0.15, 0.2) is 0 Å². The minimum Gasteiger partial charge on any atom is -0.394 e. The van der Waals surface area contributed by atoms with Crippen molar-refractivity contribution < 1.29 is 4.79 Å². The third kappa shape index (κ3) is 5.25. The third-order valence-electron chi connectivity index (χ3n) is 4.15. The van der Waals surface area contributed by atoms with Gasteiger partial charge in [0.2, 0.25) is 0 Å². The second kappa shape index (κ2) is 9.16. The fourth-order valence-corrected chi connectivity index (χ4v) is 2.83. The number of fused-ring (bicyclic) bond motifs is 1. The summed E-state index contributed by atoms with van der Waals surface area (Å²) in [5.74, 6) is -0.0111. The molecule has 0 aromatic heterocycles. The van der Waals surface area contributed by atoms with Crippen LogP contribution in [0.2, 0.25) is 0 Å². The van der Waals surface area contributed by atoms with Crippen molar-refractivity contribution >= 4 is 5.91 Å². The number of benzene rings is 1. The largest absolute Gasteiger partial charge is 0.394 e. The van der Waals surface area contributed by atoms with Crippen LogP contribution in [0.5, 0.6) is 0 Å². The van der Waals surface area contributed by atoms with Gasteiger partial charge in [-0.15, -0.1) is 0 Å². The Morgan fingerprint density at radius 1 is 1.30 bits per heavy atom. The monoisotopic (exact) mass is 313 g/mol. The first-order chi connectivity index (χ1) is 11.2. The zero-order valence-electron chi connectivity index (χ0n) is 14.1. The molecule has 0 aliphatic carbocycles. The Balaban J connectivity index is 1.70. The average molecular weight is 313 g/mol. The summed E-state index contributed by atoms with van der Waals surface area (Å²) in [6.07, 6.45) is 7.47. The van der Waals surface area contributed by atoms with Gasteiger partial charge in [-0.05, 0) is 43.2 Å². The number of nitrogens with one attached hydrogen (secondary N) is 2. The highest BCUT2D eigenvalue weighted by Gasteiger charge is 2.15. The maximum atomic E-state index is 12.0. The van der Waals surface area contributed by atoms with Crippen molar-refractivity contribution in [3.8, 4) is 0 Å². The molecule has 0 atom stereocenters. The first-order valence-corrected chi connectivity index (χ1v) is 8.32. The van der Waals surface area contributed by atoms with Gasteiger partial charge in [-0.3, -0.25) is 9.69 Å². The standard InChI is InChI=1S/C19H27N3O/c1-3-16(9-12-20-2)19(23)21-11-6-13-22-14-10-17-7-4-5-8-18(17)15-22/h3-5,7-9,12,20H,6,10-11,13-15H2,1-2H3,(H,21,23)/b12-9-,16-3+. The molecule has 2 rings (SSSR count). The number of hydrogen-bond donors (Lipinski definition) is 2. The molecule has 1 aromatic rings. The number of nitrogens with zero attached hydrogens (tertiary/aromatic N) is 1. The first kappa shape index (κ1) is 17.3. The number of amides is 1. The van der Waals surface area contributed by atoms with Gasteiger partial charge in [-0.25, -0.2) is 0 Å². The van der Waals surface area contributed by atoms with E-state index >= 15 is 0 Å². The quantitative estimate of drug-likeness (QED) is 0.461. The Morgan fingerprint density at radius 3 is 2.83 bits per heavy atom. The lowest BCUT2D eigenvalue weighted by Crippen LogP contribution is -2.34. The van der Waals surface area contributed by atoms with Gasteiger partial charge in [0, 0.05) is 38.8 Å². The Morgan fingerprint density at radius 2 is 2.09 bits per heavy atom. The average Bonchev–Trinajstić information content (AvgIpc) is 2.59. The van der Waals surface area contributed by atoms with Crippen molar-refractivity contribution in [1.29, 1.82) is 0 Å². The summed E-state index contributed by atoms with van der Waals surface area (Å²) in [6.45, 7) is 5.74. The summed E-state index contributed by atoms with van der Waals surface area (Å²) in [6, 6.07) is 8.67. The van der Waals surface area contributed by atoms with E-state index in [4.69, 9.17) is 0 Å². The van der Waals surface area contributed by atoms with Gasteiger partial charge in [0.25, 0.3) is 5.91 Å². The molecule has 0 saturated heterocycles. The van der Waals surface area contributed by atoms with E-state index in [1.54, 1.807) is 12.3 Å². The van der Waals surface area contributed by atoms with Crippen molar-refractivity contribution in [3.63, 3.8) is 0 Å². The Bertz CT molecular complexity index is 578. The predicted octanol–water partition coefficient (Wildman–Crippen LogP) is 2.23. The van der Waals surface area contributed by atoms with Crippen LogP contribution in [-0.2, 0) is 17.8 Å². The predicted molar refractivity (Wildman–Crippen MR) is 95.0 cm³/mol. The smallest absolute Gasteiger partial charge is 0.250 e. The molecule has 0 saturated carbocycles. The first-order valence-electron chi connectivity index (χ1n) is 8.32. The van der Waals surface area contributed by atoms with E-state index in [0.717, 1.165) is 32.5 Å². The topological polar surface area (TPSA) is 44.4 Å². The van der Waals surface area contributed by atoms with Crippen LogP contribution in [0, 0.1) is 0 Å². The molecule has 1 aromatic carbocycles. The summed E-state index contributed by atoms with van der Waals surface area (Å²) in [5.41, 5.74) is 3.61. The van der Waals surface area contributed by atoms with Crippen LogP contribution in [0.1, 0.15) is 24.5 Å². The second-order valence-corrected chi connectivity index (χ2v) is 5.77. The maximum Gasteiger partial charge on any atom is 0.250 e. The summed E-state index contributed by atoms with van der Waals surface area (Å²) < 4.78 is 0. The molecule has 1 heterocycles. The van der Waals surface area contributed by atoms with Crippen LogP contribution in [0.4, 0.5) is 0 Å².